The Balaban J connectivity index is 1.25. The van der Waals surface area contributed by atoms with E-state index < -0.39 is 0 Å². The minimum absolute atomic E-state index is 0.135. The van der Waals surface area contributed by atoms with Crippen LogP contribution in [0.3, 0.4) is 0 Å². The molecule has 1 fully saturated rings. The maximum Gasteiger partial charge on any atom is 0.226 e. The molecular weight excluding hydrogens is 356 g/mol. The van der Waals surface area contributed by atoms with Crippen molar-refractivity contribution in [3.8, 4) is 0 Å². The van der Waals surface area contributed by atoms with E-state index in [0.717, 1.165) is 43.0 Å². The highest BCUT2D eigenvalue weighted by atomic mass is 16.6. The van der Waals surface area contributed by atoms with Crippen LogP contribution in [0.2, 0.25) is 0 Å². The molecule has 0 unspecified atom stereocenters. The average Bonchev–Trinajstić information content (AvgIpc) is 3.34. The van der Waals surface area contributed by atoms with Crippen LogP contribution in [0.25, 0.3) is 16.7 Å². The Kier molecular flexibility index (Phi) is 4.03. The molecule has 1 saturated heterocycles. The lowest BCUT2D eigenvalue weighted by Crippen LogP contribution is -2.39. The van der Waals surface area contributed by atoms with Crippen LogP contribution in [0.5, 0.6) is 0 Å². The molecule has 1 aliphatic rings. The first kappa shape index (κ1) is 16.9. The van der Waals surface area contributed by atoms with Crippen molar-refractivity contribution in [2.45, 2.75) is 32.1 Å². The Hall–Kier alpha value is -3.29. The standard InChI is InChI=1S/C20H20N6O2/c1-13-4-9-26-18(10-13)21-22-20(26)15-5-7-25(8-6-15)19(27)12-14-2-3-16-17(11-14)24-28-23-16/h2-4,9-11,15H,5-8,12H2,1H3. The number of benzene rings is 1. The van der Waals surface area contributed by atoms with Gasteiger partial charge in [-0.05, 0) is 65.5 Å². The molecule has 4 aromatic rings. The number of carbonyl (C=O) groups is 1. The molecule has 142 valence electrons. The van der Waals surface area contributed by atoms with Gasteiger partial charge in [-0.1, -0.05) is 6.07 Å². The Morgan fingerprint density at radius 3 is 2.79 bits per heavy atom. The third-order valence-corrected chi connectivity index (χ3v) is 5.48. The van der Waals surface area contributed by atoms with Crippen molar-refractivity contribution in [3.05, 3.63) is 53.5 Å². The molecule has 8 nitrogen and oxygen atoms in total. The molecule has 3 aromatic heterocycles. The molecule has 5 rings (SSSR count). The highest BCUT2D eigenvalue weighted by molar-refractivity contribution is 5.81. The SMILES string of the molecule is Cc1ccn2c(C3CCN(C(=O)Cc4ccc5nonc5c4)CC3)nnc2c1. The Bertz CT molecular complexity index is 1160. The van der Waals surface area contributed by atoms with E-state index in [1.54, 1.807) is 0 Å². The molecule has 0 aliphatic carbocycles. The van der Waals surface area contributed by atoms with Gasteiger partial charge in [0.05, 0.1) is 6.42 Å². The number of likely N-dealkylation sites (tertiary alicyclic amines) is 1. The van der Waals surface area contributed by atoms with E-state index in [0.29, 0.717) is 23.4 Å². The Morgan fingerprint density at radius 1 is 1.11 bits per heavy atom. The van der Waals surface area contributed by atoms with Crippen LogP contribution in [0.15, 0.2) is 41.2 Å². The smallest absolute Gasteiger partial charge is 0.226 e. The van der Waals surface area contributed by atoms with E-state index in [1.807, 2.05) is 35.4 Å². The highest BCUT2D eigenvalue weighted by Gasteiger charge is 2.27. The van der Waals surface area contributed by atoms with Crippen LogP contribution in [-0.4, -0.2) is 48.8 Å². The largest absolute Gasteiger partial charge is 0.342 e. The number of piperidine rings is 1. The molecule has 28 heavy (non-hydrogen) atoms. The summed E-state index contributed by atoms with van der Waals surface area (Å²) in [6.07, 6.45) is 4.19. The number of nitrogens with zero attached hydrogens (tertiary/aromatic N) is 6. The zero-order valence-corrected chi connectivity index (χ0v) is 15.6. The molecule has 0 radical (unpaired) electrons. The third-order valence-electron chi connectivity index (χ3n) is 5.48. The molecule has 1 amide bonds. The van der Waals surface area contributed by atoms with Crippen LogP contribution in [0.4, 0.5) is 0 Å². The molecule has 0 saturated carbocycles. The van der Waals surface area contributed by atoms with Crippen LogP contribution >= 0.6 is 0 Å². The molecular formula is C20H20N6O2. The summed E-state index contributed by atoms with van der Waals surface area (Å²) in [5.74, 6) is 1.45. The first-order valence-corrected chi connectivity index (χ1v) is 9.47. The number of carbonyl (C=O) groups excluding carboxylic acids is 1. The summed E-state index contributed by atoms with van der Waals surface area (Å²) in [5.41, 5.74) is 4.36. The number of hydrogen-bond donors (Lipinski definition) is 0. The fraction of sp³-hybridized carbons (Fsp3) is 0.350. The summed E-state index contributed by atoms with van der Waals surface area (Å²) in [5, 5.41) is 16.3. The molecule has 1 aromatic carbocycles. The minimum atomic E-state index is 0.135. The van der Waals surface area contributed by atoms with Crippen molar-refractivity contribution in [1.29, 1.82) is 0 Å². The normalized spacial score (nSPS) is 15.5. The second-order valence-electron chi connectivity index (χ2n) is 7.41. The molecule has 1 aliphatic heterocycles. The summed E-state index contributed by atoms with van der Waals surface area (Å²) >= 11 is 0. The number of aromatic nitrogens is 5. The molecule has 0 bridgehead atoms. The third kappa shape index (κ3) is 3.00. The fourth-order valence-electron chi connectivity index (χ4n) is 3.90. The molecule has 4 heterocycles. The van der Waals surface area contributed by atoms with Gasteiger partial charge < -0.3 is 4.90 Å². The van der Waals surface area contributed by atoms with Gasteiger partial charge in [-0.25, -0.2) is 4.63 Å². The van der Waals surface area contributed by atoms with Crippen LogP contribution < -0.4 is 0 Å². The van der Waals surface area contributed by atoms with E-state index in [9.17, 15) is 4.79 Å². The zero-order valence-electron chi connectivity index (χ0n) is 15.6. The summed E-state index contributed by atoms with van der Waals surface area (Å²) in [7, 11) is 0. The average molecular weight is 376 g/mol. The lowest BCUT2D eigenvalue weighted by Gasteiger charge is -2.31. The molecule has 0 atom stereocenters. The van der Waals surface area contributed by atoms with Crippen molar-refractivity contribution in [1.82, 2.24) is 29.8 Å². The van der Waals surface area contributed by atoms with Crippen molar-refractivity contribution in [2.24, 2.45) is 0 Å². The van der Waals surface area contributed by atoms with Crippen LogP contribution in [0, 0.1) is 6.92 Å². The maximum absolute atomic E-state index is 12.7. The van der Waals surface area contributed by atoms with Gasteiger partial charge in [-0.3, -0.25) is 9.20 Å². The number of hydrogen-bond acceptors (Lipinski definition) is 6. The first-order chi connectivity index (χ1) is 13.7. The van der Waals surface area contributed by atoms with E-state index in [2.05, 4.69) is 37.9 Å². The summed E-state index contributed by atoms with van der Waals surface area (Å²) in [6, 6.07) is 9.71. The van der Waals surface area contributed by atoms with Gasteiger partial charge in [0, 0.05) is 25.2 Å². The fourth-order valence-corrected chi connectivity index (χ4v) is 3.90. The lowest BCUT2D eigenvalue weighted by molar-refractivity contribution is -0.131. The second-order valence-corrected chi connectivity index (χ2v) is 7.41. The van der Waals surface area contributed by atoms with Crippen molar-refractivity contribution < 1.29 is 9.42 Å². The van der Waals surface area contributed by atoms with E-state index in [4.69, 9.17) is 4.63 Å². The number of rotatable bonds is 3. The van der Waals surface area contributed by atoms with Crippen LogP contribution in [-0.2, 0) is 11.2 Å². The number of pyridine rings is 1. The van der Waals surface area contributed by atoms with E-state index in [1.165, 1.54) is 5.56 Å². The van der Waals surface area contributed by atoms with Crippen molar-refractivity contribution in [2.75, 3.05) is 13.1 Å². The summed E-state index contributed by atoms with van der Waals surface area (Å²) < 4.78 is 6.78. The lowest BCUT2D eigenvalue weighted by atomic mass is 9.95. The second kappa shape index (κ2) is 6.70. The predicted octanol–water partition coefficient (Wildman–Crippen LogP) is 2.52. The van der Waals surface area contributed by atoms with E-state index >= 15 is 0 Å². The topological polar surface area (TPSA) is 89.4 Å². The van der Waals surface area contributed by atoms with Gasteiger partial charge in [0.25, 0.3) is 0 Å². The monoisotopic (exact) mass is 376 g/mol. The van der Waals surface area contributed by atoms with Gasteiger partial charge in [0.2, 0.25) is 5.91 Å². The maximum atomic E-state index is 12.7. The van der Waals surface area contributed by atoms with Crippen LogP contribution in [0.1, 0.15) is 35.7 Å². The predicted molar refractivity (Wildman–Crippen MR) is 102 cm³/mol. The van der Waals surface area contributed by atoms with Gasteiger partial charge in [0.1, 0.15) is 16.9 Å². The molecule has 8 heteroatoms. The molecule has 0 spiro atoms. The number of fused-ring (bicyclic) bond motifs is 2. The summed E-state index contributed by atoms with van der Waals surface area (Å²) in [6.45, 7) is 3.52. The van der Waals surface area contributed by atoms with E-state index in [-0.39, 0.29) is 5.91 Å². The van der Waals surface area contributed by atoms with Crippen molar-refractivity contribution >= 4 is 22.6 Å². The van der Waals surface area contributed by atoms with Gasteiger partial charge >= 0.3 is 0 Å². The number of aryl methyl sites for hydroxylation is 1. The highest BCUT2D eigenvalue weighted by Crippen LogP contribution is 2.27. The first-order valence-electron chi connectivity index (χ1n) is 9.47. The Morgan fingerprint density at radius 2 is 1.93 bits per heavy atom. The van der Waals surface area contributed by atoms with Crippen molar-refractivity contribution in [3.63, 3.8) is 0 Å². The van der Waals surface area contributed by atoms with Gasteiger partial charge in [-0.2, -0.15) is 0 Å². The zero-order chi connectivity index (χ0) is 19.1. The van der Waals surface area contributed by atoms with Gasteiger partial charge in [0.15, 0.2) is 5.65 Å². The Labute approximate surface area is 161 Å². The van der Waals surface area contributed by atoms with Gasteiger partial charge in [-0.15, -0.1) is 10.2 Å². The summed E-state index contributed by atoms with van der Waals surface area (Å²) in [4.78, 5) is 14.7. The minimum Gasteiger partial charge on any atom is -0.342 e. The molecule has 0 N–H and O–H groups in total. The number of amides is 1. The quantitative estimate of drug-likeness (QED) is 0.546.